The molecule has 122 heavy (non-hydrogen) atoms. The molecule has 10 aromatic heterocycles. The van der Waals surface area contributed by atoms with Gasteiger partial charge in [0.2, 0.25) is 18.7 Å². The molecule has 2 bridgehead atoms. The highest BCUT2D eigenvalue weighted by Gasteiger charge is 2.57. The van der Waals surface area contributed by atoms with Gasteiger partial charge in [-0.25, -0.2) is 66.0 Å². The lowest BCUT2D eigenvalue weighted by atomic mass is 10.1. The van der Waals surface area contributed by atoms with Gasteiger partial charge in [-0.1, -0.05) is 5.75 Å². The van der Waals surface area contributed by atoms with Crippen molar-refractivity contribution in [3.05, 3.63) is 91.6 Å². The molecule has 17 rings (SSSR count). The fourth-order valence-electron chi connectivity index (χ4n) is 14.3. The summed E-state index contributed by atoms with van der Waals surface area (Å²) in [7, 11) is -20.5. The van der Waals surface area contributed by atoms with E-state index in [9.17, 15) is 84.2 Å². The summed E-state index contributed by atoms with van der Waals surface area (Å²) in [5, 5.41) is 130. The Kier molecular flexibility index (Phi) is 26.4. The van der Waals surface area contributed by atoms with Crippen molar-refractivity contribution < 1.29 is 193 Å². The SMILES string of the molecule is CC1=NC(C)c2ccnc3c2n1c[n+]3C1O[C@H](COP(=O)(O)O)[C@@H](O)[C@H]1O.Cn1c[n+](C2O[C@H](COP(=O)(O)O)[C@@H](O)[C@H]2O)c2nccc([O-])c21.Cn1c[n+](C2O[C@H](COP(=O)(O)O)[C@@H](O)[C@H]2O)c2nccc([S-])c21.N=c1c2ncn(C3O[C@H](COP(=O)(O)O)[C@@H](O)[C@H]3O)c2ncn1O.Nc1ncnc2c1nc1n2C2O[C@H](C1OP(=O)(O)O)[C@@H](O)[C@H]2O. The van der Waals surface area contributed by atoms with Crippen LogP contribution in [0.2, 0.25) is 0 Å². The second-order valence-electron chi connectivity index (χ2n) is 27.9. The summed E-state index contributed by atoms with van der Waals surface area (Å²) in [5.41, 5.74) is 9.90. The Morgan fingerprint density at radius 1 is 0.533 bits per heavy atom. The smallest absolute Gasteiger partial charge is 0.470 e. The molecule has 5 saturated heterocycles. The van der Waals surface area contributed by atoms with Gasteiger partial charge in [-0.05, 0) is 25.1 Å². The summed E-state index contributed by atoms with van der Waals surface area (Å²) in [6.07, 6.45) is -13.8. The Balaban J connectivity index is 0.000000132. The minimum Gasteiger partial charge on any atom is -0.870 e. The van der Waals surface area contributed by atoms with Crippen LogP contribution >= 0.6 is 39.1 Å². The molecule has 0 amide bonds. The number of aromatic nitrogens is 17. The topological polar surface area (TPSA) is 832 Å². The molecule has 10 aromatic rings. The third-order valence-electron chi connectivity index (χ3n) is 19.8. The molecule has 24 N–H and O–H groups in total. The summed E-state index contributed by atoms with van der Waals surface area (Å²) in [4.78, 5) is 126. The van der Waals surface area contributed by atoms with E-state index in [2.05, 4.69) is 63.0 Å². The van der Waals surface area contributed by atoms with E-state index in [0.29, 0.717) is 26.4 Å². The highest BCUT2D eigenvalue weighted by molar-refractivity contribution is 7.59. The van der Waals surface area contributed by atoms with E-state index in [0.717, 1.165) is 23.2 Å². The van der Waals surface area contributed by atoms with Gasteiger partial charge in [-0.3, -0.25) is 51.3 Å². The fourth-order valence-corrected chi connectivity index (χ4v) is 16.5. The normalized spacial score (nSPS) is 29.5. The van der Waals surface area contributed by atoms with Crippen LogP contribution in [0.25, 0.3) is 55.8 Å². The first kappa shape index (κ1) is 91.7. The molecular weight excluding hydrogens is 1770 g/mol. The predicted molar refractivity (Wildman–Crippen MR) is 390 cm³/mol. The van der Waals surface area contributed by atoms with Crippen LogP contribution in [0.3, 0.4) is 0 Å². The van der Waals surface area contributed by atoms with E-state index in [-0.39, 0.29) is 62.4 Å². The average molecular weight is 1850 g/mol. The molecule has 5 fully saturated rings. The Bertz CT molecular complexity index is 5780. The highest BCUT2D eigenvalue weighted by Crippen LogP contribution is 2.52. The number of nitrogens with two attached hydrogens (primary N) is 1. The summed E-state index contributed by atoms with van der Waals surface area (Å²) in [6, 6.07) is 4.79. The van der Waals surface area contributed by atoms with Gasteiger partial charge < -0.3 is 152 Å². The van der Waals surface area contributed by atoms with Gasteiger partial charge in [0.15, 0.2) is 93.6 Å². The number of anilines is 1. The minimum atomic E-state index is -4.92. The van der Waals surface area contributed by atoms with Crippen molar-refractivity contribution >= 4 is 119 Å². The number of nitrogens with zero attached hydrogens (tertiary/aromatic N) is 18. The zero-order chi connectivity index (χ0) is 89.0. The maximum Gasteiger partial charge on any atom is 0.470 e. The van der Waals surface area contributed by atoms with Gasteiger partial charge in [-0.15, -0.1) is 19.8 Å². The van der Waals surface area contributed by atoms with Gasteiger partial charge in [0.1, 0.15) is 129 Å². The third-order valence-corrected chi connectivity index (χ3v) is 22.6. The maximum atomic E-state index is 11.9. The number of aliphatic hydroxyl groups is 10. The lowest BCUT2D eigenvalue weighted by Crippen LogP contribution is -2.46. The van der Waals surface area contributed by atoms with Crippen molar-refractivity contribution in [2.24, 2.45) is 19.1 Å². The molecule has 0 aliphatic carbocycles. The van der Waals surface area contributed by atoms with Crippen LogP contribution in [-0.2, 0) is 95.9 Å². The summed E-state index contributed by atoms with van der Waals surface area (Å²) in [5.74, 6) is 0.571. The van der Waals surface area contributed by atoms with Gasteiger partial charge in [0.05, 0.1) is 52.9 Å². The molecule has 57 nitrogen and oxygen atoms in total. The number of hydrogen-bond acceptors (Lipinski definition) is 39. The summed E-state index contributed by atoms with van der Waals surface area (Å²) < 4.78 is 117. The summed E-state index contributed by atoms with van der Waals surface area (Å²) >= 11 is 5.25. The first-order valence-electron chi connectivity index (χ1n) is 35.3. The first-order valence-corrected chi connectivity index (χ1v) is 43.4. The Labute approximate surface area is 684 Å². The van der Waals surface area contributed by atoms with Crippen molar-refractivity contribution in [2.45, 2.75) is 154 Å². The number of phosphoric ester groups is 5. The molecule has 0 spiro atoms. The standard InChI is InChI=1S/C15H19N4O7P.C12H16N3O8P.C12H16N3O7PS.C10H14N5O8P.C10H12N5O7P/c1-7-9-3-4-16-14-11(9)18(8(2)17-7)6-19(14)15-13(21)12(20)10(26-15)5-25-27(22,23)24;1-14-5-15(11-8(14)6(16)2-3-13-11)12-10(18)9(17)7(23-12)4-22-24(19,20)21;1-14-5-15(11-8(14)7(24)2-3-13-11)12-10(17)9(16)6(22-12)4-21-23(18,19)20;11-8-5-9(13-3-15(8)18)14(2-12-5)10-7(17)6(16)4(23-10)1-22-24(19,20)21;11-7-2-8(13-1-12-7)15-9(14-2)6(22-23(18,19)20)5-3(16)4(17)10(15)21-5/h3-4,6-7,10,12-13,15,20-21H,5H2,1-2H3,(H-,22,23,24);2-3,5,7,9-10,12,17-18H,4H2,1H3,(H2-,13,16,19,20,21);2-3,5-6,9-10,12,16-17H,4H2,1H3,(H2-,13,18,19,20,24);2-4,6-7,10-11,16-18H,1H2,(H2,19,20,21);1,3-6,10,16-17H,(H2,11,12,13)(H2,18,19,20)/p+1/t7?,10-,12-,13-,15?;7-,9-,10-,12?;6-,9-,10-,12?;4-,6-,7-,10?;3-,4+,5-,6?,10?/m11110/s1. The number of aliphatic hydroxyl groups excluding tert-OH is 10. The van der Waals surface area contributed by atoms with E-state index >= 15 is 0 Å². The highest BCUT2D eigenvalue weighted by atomic mass is 32.1. The van der Waals surface area contributed by atoms with E-state index in [1.165, 1.54) is 60.3 Å². The fraction of sp³-hybridized carbons (Fsp3) is 0.508. The Morgan fingerprint density at radius 3 is 1.51 bits per heavy atom. The van der Waals surface area contributed by atoms with Gasteiger partial charge >= 0.3 is 56.1 Å². The van der Waals surface area contributed by atoms with Crippen LogP contribution in [0, 0.1) is 5.41 Å². The zero-order valence-corrected chi connectivity index (χ0v) is 67.9. The zero-order valence-electron chi connectivity index (χ0n) is 62.7. The van der Waals surface area contributed by atoms with Crippen LogP contribution in [-0.4, -0.2) is 296 Å². The lowest BCUT2D eigenvalue weighted by Gasteiger charge is -2.30. The number of pyridine rings is 3. The molecule has 63 heteroatoms. The number of imidazole rings is 5. The van der Waals surface area contributed by atoms with Gasteiger partial charge in [0.25, 0.3) is 0 Å². The first-order chi connectivity index (χ1) is 57.0. The van der Waals surface area contributed by atoms with Crippen molar-refractivity contribution in [3.8, 4) is 5.75 Å². The van der Waals surface area contributed by atoms with Crippen LogP contribution in [0.4, 0.5) is 5.82 Å². The quantitative estimate of drug-likeness (QED) is 0.0164. The minimum absolute atomic E-state index is 0.0280. The molecule has 7 aliphatic rings. The number of nitrogen functional groups attached to an aromatic ring is 1. The van der Waals surface area contributed by atoms with Crippen molar-refractivity contribution in [3.63, 3.8) is 0 Å². The second kappa shape index (κ2) is 35.1. The largest absolute Gasteiger partial charge is 0.870 e. The van der Waals surface area contributed by atoms with Crippen molar-refractivity contribution in [1.29, 1.82) is 5.41 Å². The van der Waals surface area contributed by atoms with Crippen LogP contribution in [0.1, 0.15) is 68.5 Å². The van der Waals surface area contributed by atoms with E-state index in [4.69, 9.17) is 101 Å². The van der Waals surface area contributed by atoms with E-state index < -0.39 is 194 Å². The molecule has 7 aliphatic heterocycles. The van der Waals surface area contributed by atoms with Crippen LogP contribution < -0.4 is 30.0 Å². The molecule has 7 unspecified atom stereocenters. The van der Waals surface area contributed by atoms with E-state index in [1.54, 1.807) is 48.1 Å². The average Bonchev–Trinajstić information content (AvgIpc) is 1.56. The number of nitrogens with one attached hydrogen (secondary N) is 1. The summed E-state index contributed by atoms with van der Waals surface area (Å²) in [6.45, 7) is 1.45. The van der Waals surface area contributed by atoms with Crippen LogP contribution in [0.5, 0.6) is 5.75 Å². The van der Waals surface area contributed by atoms with Crippen LogP contribution in [0.15, 0.2) is 84.6 Å². The molecule has 22 atom stereocenters. The van der Waals surface area contributed by atoms with Gasteiger partial charge in [-0.2, -0.15) is 4.73 Å². The number of ether oxygens (including phenoxy) is 5. The number of fused-ring (bicyclic) bond motifs is 9. The number of phosphoric acid groups is 5. The number of aliphatic imine (C=N–C) groups is 1. The lowest BCUT2D eigenvalue weighted by molar-refractivity contribution is -0.746. The molecule has 17 heterocycles. The Hall–Kier alpha value is -8.00. The molecule has 0 saturated carbocycles. The number of rotatable bonds is 18. The third kappa shape index (κ3) is 18.8. The second-order valence-corrected chi connectivity index (χ2v) is 34.5. The maximum absolute atomic E-state index is 11.9. The predicted octanol–water partition coefficient (Wildman–Crippen LogP) is -8.58. The van der Waals surface area contributed by atoms with Crippen molar-refractivity contribution in [2.75, 3.05) is 32.2 Å². The molecule has 666 valence electrons. The van der Waals surface area contributed by atoms with Crippen molar-refractivity contribution in [1.82, 2.24) is 67.4 Å². The monoisotopic (exact) mass is 1850 g/mol. The number of aryl methyl sites for hydroxylation is 2. The number of hydrogen-bond donors (Lipinski definition) is 23. The molecule has 0 aromatic carbocycles. The molecular formula is C59H78N20O37P5S+. The van der Waals surface area contributed by atoms with Gasteiger partial charge in [0, 0.05) is 12.5 Å². The van der Waals surface area contributed by atoms with E-state index in [1.807, 2.05) is 24.5 Å². The Morgan fingerprint density at radius 2 is 0.992 bits per heavy atom. The molecule has 0 radical (unpaired) electrons.